The van der Waals surface area contributed by atoms with Gasteiger partial charge in [0.05, 0.1) is 6.04 Å². The van der Waals surface area contributed by atoms with Crippen LogP contribution in [0.4, 0.5) is 0 Å². The molecule has 0 spiro atoms. The van der Waals surface area contributed by atoms with Gasteiger partial charge in [0.25, 0.3) is 0 Å². The number of carbonyl (C=O) groups is 1. The van der Waals surface area contributed by atoms with Crippen LogP contribution in [0.1, 0.15) is 25.3 Å². The molecule has 0 aromatic heterocycles. The standard InChI is InChI=1S/C18H26ClN3O/c1-14(18(23)20-16-6-7-16)22-12-10-21(11-13-22)9-8-15-4-2-3-5-17(15)19/h2-5,14,16H,6-13H2,1H3,(H,20,23)/t14-/m0/s1. The number of rotatable bonds is 6. The molecule has 2 aliphatic rings. The smallest absolute Gasteiger partial charge is 0.237 e. The summed E-state index contributed by atoms with van der Waals surface area (Å²) in [6.07, 6.45) is 3.28. The number of benzene rings is 1. The maximum atomic E-state index is 12.1. The van der Waals surface area contributed by atoms with E-state index in [9.17, 15) is 4.79 Å². The molecular weight excluding hydrogens is 310 g/mol. The van der Waals surface area contributed by atoms with Crippen molar-refractivity contribution in [1.82, 2.24) is 15.1 Å². The van der Waals surface area contributed by atoms with E-state index in [4.69, 9.17) is 11.6 Å². The van der Waals surface area contributed by atoms with Crippen molar-refractivity contribution in [3.8, 4) is 0 Å². The van der Waals surface area contributed by atoms with Crippen molar-refractivity contribution >= 4 is 17.5 Å². The topological polar surface area (TPSA) is 35.6 Å². The molecule has 1 heterocycles. The van der Waals surface area contributed by atoms with E-state index in [2.05, 4.69) is 21.2 Å². The van der Waals surface area contributed by atoms with E-state index in [1.165, 1.54) is 5.56 Å². The van der Waals surface area contributed by atoms with E-state index in [1.807, 2.05) is 25.1 Å². The molecule has 1 aromatic rings. The van der Waals surface area contributed by atoms with Crippen molar-refractivity contribution in [1.29, 1.82) is 0 Å². The Balaban J connectivity index is 1.41. The van der Waals surface area contributed by atoms with Crippen molar-refractivity contribution in [3.05, 3.63) is 34.9 Å². The minimum absolute atomic E-state index is 0.0127. The Morgan fingerprint density at radius 1 is 1.26 bits per heavy atom. The minimum Gasteiger partial charge on any atom is -0.352 e. The van der Waals surface area contributed by atoms with E-state index in [0.717, 1.165) is 57.0 Å². The number of amides is 1. The average molecular weight is 336 g/mol. The largest absolute Gasteiger partial charge is 0.352 e. The fourth-order valence-corrected chi connectivity index (χ4v) is 3.30. The Bertz CT molecular complexity index is 539. The third kappa shape index (κ3) is 4.69. The summed E-state index contributed by atoms with van der Waals surface area (Å²) in [7, 11) is 0. The number of hydrogen-bond donors (Lipinski definition) is 1. The van der Waals surface area contributed by atoms with Crippen molar-refractivity contribution in [2.45, 2.75) is 38.3 Å². The molecule has 1 amide bonds. The summed E-state index contributed by atoms with van der Waals surface area (Å²) < 4.78 is 0. The number of nitrogens with zero attached hydrogens (tertiary/aromatic N) is 2. The Morgan fingerprint density at radius 2 is 1.96 bits per heavy atom. The fraction of sp³-hybridized carbons (Fsp3) is 0.611. The van der Waals surface area contributed by atoms with E-state index in [1.54, 1.807) is 0 Å². The van der Waals surface area contributed by atoms with E-state index >= 15 is 0 Å². The van der Waals surface area contributed by atoms with Gasteiger partial charge in [-0.2, -0.15) is 0 Å². The quantitative estimate of drug-likeness (QED) is 0.865. The van der Waals surface area contributed by atoms with Crippen LogP contribution in [-0.4, -0.2) is 60.5 Å². The van der Waals surface area contributed by atoms with Gasteiger partial charge in [-0.3, -0.25) is 9.69 Å². The normalized spacial score (nSPS) is 21.1. The molecule has 1 N–H and O–H groups in total. The van der Waals surface area contributed by atoms with Gasteiger partial charge in [-0.05, 0) is 37.8 Å². The van der Waals surface area contributed by atoms with Crippen LogP contribution in [0.15, 0.2) is 24.3 Å². The highest BCUT2D eigenvalue weighted by Crippen LogP contribution is 2.19. The van der Waals surface area contributed by atoms with Crippen LogP contribution in [0.25, 0.3) is 0 Å². The Labute approximate surface area is 143 Å². The Morgan fingerprint density at radius 3 is 2.61 bits per heavy atom. The van der Waals surface area contributed by atoms with Gasteiger partial charge in [-0.15, -0.1) is 0 Å². The zero-order chi connectivity index (χ0) is 16.2. The monoisotopic (exact) mass is 335 g/mol. The highest BCUT2D eigenvalue weighted by molar-refractivity contribution is 6.31. The molecule has 1 saturated carbocycles. The summed E-state index contributed by atoms with van der Waals surface area (Å²) in [5, 5.41) is 3.96. The first kappa shape index (κ1) is 16.7. The van der Waals surface area contributed by atoms with Crippen LogP contribution in [-0.2, 0) is 11.2 Å². The maximum Gasteiger partial charge on any atom is 0.237 e. The Hall–Kier alpha value is -1.10. The molecule has 0 bridgehead atoms. The molecule has 1 aliphatic carbocycles. The molecule has 4 nitrogen and oxygen atoms in total. The molecule has 0 radical (unpaired) electrons. The van der Waals surface area contributed by atoms with Crippen LogP contribution < -0.4 is 5.32 Å². The summed E-state index contributed by atoms with van der Waals surface area (Å²) in [4.78, 5) is 16.9. The van der Waals surface area contributed by atoms with Crippen LogP contribution in [0.2, 0.25) is 5.02 Å². The van der Waals surface area contributed by atoms with Crippen molar-refractivity contribution in [2.75, 3.05) is 32.7 Å². The minimum atomic E-state index is -0.0127. The van der Waals surface area contributed by atoms with Gasteiger partial charge in [0, 0.05) is 43.8 Å². The fourth-order valence-electron chi connectivity index (χ4n) is 3.07. The summed E-state index contributed by atoms with van der Waals surface area (Å²) in [6.45, 7) is 7.01. The number of halogens is 1. The first-order valence-electron chi connectivity index (χ1n) is 8.63. The maximum absolute atomic E-state index is 12.1. The van der Waals surface area contributed by atoms with E-state index in [-0.39, 0.29) is 11.9 Å². The van der Waals surface area contributed by atoms with Gasteiger partial charge in [-0.25, -0.2) is 0 Å². The van der Waals surface area contributed by atoms with Crippen molar-refractivity contribution < 1.29 is 4.79 Å². The predicted molar refractivity (Wildman–Crippen MR) is 93.8 cm³/mol. The number of hydrogen-bond acceptors (Lipinski definition) is 3. The average Bonchev–Trinajstić information content (AvgIpc) is 3.38. The summed E-state index contributed by atoms with van der Waals surface area (Å²) in [5.74, 6) is 0.192. The molecule has 1 aromatic carbocycles. The number of nitrogens with one attached hydrogen (secondary N) is 1. The number of piperazine rings is 1. The third-order valence-electron chi connectivity index (χ3n) is 4.91. The van der Waals surface area contributed by atoms with Crippen LogP contribution >= 0.6 is 11.6 Å². The summed E-state index contributed by atoms with van der Waals surface area (Å²) >= 11 is 6.22. The van der Waals surface area contributed by atoms with Crippen molar-refractivity contribution in [2.24, 2.45) is 0 Å². The van der Waals surface area contributed by atoms with Gasteiger partial charge in [-0.1, -0.05) is 29.8 Å². The lowest BCUT2D eigenvalue weighted by molar-refractivity contribution is -0.126. The Kier molecular flexibility index (Phi) is 5.57. The second-order valence-electron chi connectivity index (χ2n) is 6.68. The second-order valence-corrected chi connectivity index (χ2v) is 7.09. The van der Waals surface area contributed by atoms with Crippen molar-refractivity contribution in [3.63, 3.8) is 0 Å². The molecule has 3 rings (SSSR count). The second kappa shape index (κ2) is 7.65. The zero-order valence-electron chi connectivity index (χ0n) is 13.8. The SMILES string of the molecule is C[C@@H](C(=O)NC1CC1)N1CCN(CCc2ccccc2Cl)CC1. The lowest BCUT2D eigenvalue weighted by atomic mass is 10.1. The van der Waals surface area contributed by atoms with Gasteiger partial charge >= 0.3 is 0 Å². The zero-order valence-corrected chi connectivity index (χ0v) is 14.6. The van der Waals surface area contributed by atoms with E-state index in [0.29, 0.717) is 6.04 Å². The highest BCUT2D eigenvalue weighted by Gasteiger charge is 2.29. The van der Waals surface area contributed by atoms with Gasteiger partial charge in [0.1, 0.15) is 0 Å². The molecule has 1 aliphatic heterocycles. The molecule has 126 valence electrons. The molecule has 1 atom stereocenters. The molecule has 0 unspecified atom stereocenters. The molecule has 5 heteroatoms. The first-order valence-corrected chi connectivity index (χ1v) is 9.01. The third-order valence-corrected chi connectivity index (χ3v) is 5.28. The first-order chi connectivity index (χ1) is 11.1. The van der Waals surface area contributed by atoms with Crippen LogP contribution in [0, 0.1) is 0 Å². The van der Waals surface area contributed by atoms with Gasteiger partial charge < -0.3 is 10.2 Å². The van der Waals surface area contributed by atoms with Crippen LogP contribution in [0.3, 0.4) is 0 Å². The predicted octanol–water partition coefficient (Wildman–Crippen LogP) is 2.17. The molecule has 23 heavy (non-hydrogen) atoms. The highest BCUT2D eigenvalue weighted by atomic mass is 35.5. The van der Waals surface area contributed by atoms with Gasteiger partial charge in [0.2, 0.25) is 5.91 Å². The van der Waals surface area contributed by atoms with Crippen LogP contribution in [0.5, 0.6) is 0 Å². The summed E-state index contributed by atoms with van der Waals surface area (Å²) in [5.41, 5.74) is 1.22. The molecule has 2 fully saturated rings. The lowest BCUT2D eigenvalue weighted by Gasteiger charge is -2.37. The summed E-state index contributed by atoms with van der Waals surface area (Å²) in [6, 6.07) is 8.50. The molecular formula is C18H26ClN3O. The van der Waals surface area contributed by atoms with Gasteiger partial charge in [0.15, 0.2) is 0 Å². The van der Waals surface area contributed by atoms with E-state index < -0.39 is 0 Å². The lowest BCUT2D eigenvalue weighted by Crippen LogP contribution is -2.54. The molecule has 1 saturated heterocycles. The number of carbonyl (C=O) groups excluding carboxylic acids is 1.